The van der Waals surface area contributed by atoms with Gasteiger partial charge >= 0.3 is 0 Å². The van der Waals surface area contributed by atoms with Gasteiger partial charge < -0.3 is 10.2 Å². The van der Waals surface area contributed by atoms with E-state index in [4.69, 9.17) is 0 Å². The van der Waals surface area contributed by atoms with Crippen LogP contribution in [0.25, 0.3) is 5.69 Å². The molecule has 4 rings (SSSR count). The largest absolute Gasteiger partial charge is 0.350 e. The van der Waals surface area contributed by atoms with E-state index in [1.807, 2.05) is 36.5 Å². The molecule has 32 heavy (non-hydrogen) atoms. The lowest BCUT2D eigenvalue weighted by atomic mass is 10.1. The first kappa shape index (κ1) is 21.2. The van der Waals surface area contributed by atoms with Crippen molar-refractivity contribution in [1.29, 1.82) is 0 Å². The van der Waals surface area contributed by atoms with Gasteiger partial charge in [-0.1, -0.05) is 12.1 Å². The average molecular weight is 433 g/mol. The molecule has 1 atom stereocenters. The fourth-order valence-corrected chi connectivity index (χ4v) is 3.94. The van der Waals surface area contributed by atoms with Crippen molar-refractivity contribution >= 4 is 17.5 Å². The van der Waals surface area contributed by atoms with Crippen molar-refractivity contribution in [3.8, 4) is 5.69 Å². The van der Waals surface area contributed by atoms with Gasteiger partial charge in [-0.05, 0) is 55.7 Å². The molecule has 0 radical (unpaired) electrons. The average Bonchev–Trinajstić information content (AvgIpc) is 3.49. The summed E-state index contributed by atoms with van der Waals surface area (Å²) in [7, 11) is 0. The van der Waals surface area contributed by atoms with E-state index in [0.29, 0.717) is 30.6 Å². The van der Waals surface area contributed by atoms with Crippen molar-refractivity contribution in [1.82, 2.24) is 20.0 Å². The number of rotatable bonds is 6. The second-order valence-electron chi connectivity index (χ2n) is 7.75. The van der Waals surface area contributed by atoms with Crippen LogP contribution < -0.4 is 5.32 Å². The minimum absolute atomic E-state index is 0.0316. The molecular formula is C23H23N5O4. The topological polar surface area (TPSA) is 110 Å². The molecule has 2 amide bonds. The molecule has 0 bridgehead atoms. The highest BCUT2D eigenvalue weighted by Crippen LogP contribution is 2.24. The number of nitrogens with one attached hydrogen (secondary N) is 1. The number of aryl methyl sites for hydroxylation is 1. The highest BCUT2D eigenvalue weighted by molar-refractivity contribution is 5.98. The zero-order valence-corrected chi connectivity index (χ0v) is 17.6. The number of amides is 2. The van der Waals surface area contributed by atoms with E-state index in [1.165, 1.54) is 18.2 Å². The second kappa shape index (κ2) is 9.01. The lowest BCUT2D eigenvalue weighted by Gasteiger charge is -2.24. The minimum Gasteiger partial charge on any atom is -0.350 e. The molecule has 1 aliphatic rings. The number of carbonyl (C=O) groups is 2. The van der Waals surface area contributed by atoms with Gasteiger partial charge in [0.15, 0.2) is 0 Å². The van der Waals surface area contributed by atoms with E-state index in [1.54, 1.807) is 22.7 Å². The Hall–Kier alpha value is -4.01. The quantitative estimate of drug-likeness (QED) is 0.475. The predicted molar refractivity (Wildman–Crippen MR) is 117 cm³/mol. The Morgan fingerprint density at radius 2 is 2.00 bits per heavy atom. The van der Waals surface area contributed by atoms with Gasteiger partial charge in [0.25, 0.3) is 11.6 Å². The van der Waals surface area contributed by atoms with Crippen LogP contribution >= 0.6 is 0 Å². The third-order valence-electron chi connectivity index (χ3n) is 5.63. The molecule has 1 N–H and O–H groups in total. The van der Waals surface area contributed by atoms with Gasteiger partial charge in [-0.15, -0.1) is 0 Å². The third kappa shape index (κ3) is 4.36. The van der Waals surface area contributed by atoms with Crippen LogP contribution in [0.1, 0.15) is 34.3 Å². The Bertz CT molecular complexity index is 1140. The van der Waals surface area contributed by atoms with E-state index in [-0.39, 0.29) is 17.5 Å². The van der Waals surface area contributed by atoms with Crippen LogP contribution in [-0.2, 0) is 11.3 Å². The number of hydrogen-bond acceptors (Lipinski definition) is 5. The Morgan fingerprint density at radius 1 is 1.22 bits per heavy atom. The lowest BCUT2D eigenvalue weighted by molar-refractivity contribution is -0.385. The maximum Gasteiger partial charge on any atom is 0.272 e. The Labute approximate surface area is 184 Å². The van der Waals surface area contributed by atoms with Gasteiger partial charge in [-0.25, -0.2) is 4.68 Å². The maximum absolute atomic E-state index is 13.0. The molecule has 2 heterocycles. The molecule has 0 aliphatic carbocycles. The Kier molecular flexibility index (Phi) is 5.98. The zero-order valence-electron chi connectivity index (χ0n) is 17.6. The van der Waals surface area contributed by atoms with Crippen LogP contribution in [-0.4, -0.2) is 44.0 Å². The van der Waals surface area contributed by atoms with Gasteiger partial charge in [0.05, 0.1) is 10.6 Å². The number of nitrogens with zero attached hydrogens (tertiary/aromatic N) is 4. The van der Waals surface area contributed by atoms with E-state index in [0.717, 1.165) is 17.7 Å². The molecule has 0 spiro atoms. The number of benzene rings is 2. The number of aromatic nitrogens is 2. The number of carbonyl (C=O) groups excluding carboxylic acids is 2. The van der Waals surface area contributed by atoms with Crippen molar-refractivity contribution in [2.75, 3.05) is 6.54 Å². The van der Waals surface area contributed by atoms with Gasteiger partial charge in [-0.3, -0.25) is 19.7 Å². The van der Waals surface area contributed by atoms with Crippen molar-refractivity contribution < 1.29 is 14.5 Å². The Balaban J connectivity index is 1.39. The number of hydrogen-bond donors (Lipinski definition) is 1. The van der Waals surface area contributed by atoms with Crippen molar-refractivity contribution in [3.05, 3.63) is 87.7 Å². The monoisotopic (exact) mass is 433 g/mol. The molecule has 1 aromatic heterocycles. The normalized spacial score (nSPS) is 15.5. The molecular weight excluding hydrogens is 410 g/mol. The van der Waals surface area contributed by atoms with E-state index in [2.05, 4.69) is 10.4 Å². The van der Waals surface area contributed by atoms with Crippen molar-refractivity contribution in [2.24, 2.45) is 0 Å². The SMILES string of the molecule is Cc1cc(C(=O)N2CCCC2C(=O)NCc2ccc(-n3cccn3)cc2)ccc1[N+](=O)[O-]. The molecule has 0 saturated carbocycles. The van der Waals surface area contributed by atoms with Crippen LogP contribution in [0.4, 0.5) is 5.69 Å². The van der Waals surface area contributed by atoms with Gasteiger partial charge in [0.2, 0.25) is 5.91 Å². The summed E-state index contributed by atoms with van der Waals surface area (Å²) in [4.78, 5) is 37.9. The van der Waals surface area contributed by atoms with E-state index >= 15 is 0 Å². The van der Waals surface area contributed by atoms with Crippen LogP contribution in [0.5, 0.6) is 0 Å². The summed E-state index contributed by atoms with van der Waals surface area (Å²) < 4.78 is 1.75. The standard InChI is InChI=1S/C23H23N5O4/c1-16-14-18(7-10-20(16)28(31)32)23(30)26-12-2-4-21(26)22(29)24-15-17-5-8-19(9-6-17)27-13-3-11-25-27/h3,5-11,13-14,21H,2,4,12,15H2,1H3,(H,24,29). The smallest absolute Gasteiger partial charge is 0.272 e. The molecule has 9 heteroatoms. The van der Waals surface area contributed by atoms with Crippen LogP contribution in [0, 0.1) is 17.0 Å². The summed E-state index contributed by atoms with van der Waals surface area (Å²) in [5, 5.41) is 18.1. The molecule has 164 valence electrons. The first-order chi connectivity index (χ1) is 15.4. The van der Waals surface area contributed by atoms with Gasteiger partial charge in [-0.2, -0.15) is 5.10 Å². The summed E-state index contributed by atoms with van der Waals surface area (Å²) in [5.74, 6) is -0.491. The van der Waals surface area contributed by atoms with Crippen LogP contribution in [0.15, 0.2) is 60.9 Å². The van der Waals surface area contributed by atoms with Crippen LogP contribution in [0.3, 0.4) is 0 Å². The third-order valence-corrected chi connectivity index (χ3v) is 5.63. The molecule has 1 unspecified atom stereocenters. The van der Waals surface area contributed by atoms with Gasteiger partial charge in [0.1, 0.15) is 6.04 Å². The fourth-order valence-electron chi connectivity index (χ4n) is 3.94. The van der Waals surface area contributed by atoms with Gasteiger partial charge in [0, 0.05) is 42.7 Å². The summed E-state index contributed by atoms with van der Waals surface area (Å²) in [5.41, 5.74) is 2.60. The first-order valence-corrected chi connectivity index (χ1v) is 10.4. The maximum atomic E-state index is 13.0. The Morgan fingerprint density at radius 3 is 2.66 bits per heavy atom. The molecule has 2 aromatic carbocycles. The number of nitro benzene ring substituents is 1. The number of likely N-dealkylation sites (tertiary alicyclic amines) is 1. The zero-order chi connectivity index (χ0) is 22.7. The molecule has 9 nitrogen and oxygen atoms in total. The molecule has 1 fully saturated rings. The van der Waals surface area contributed by atoms with Crippen molar-refractivity contribution in [3.63, 3.8) is 0 Å². The minimum atomic E-state index is -0.554. The molecule has 1 saturated heterocycles. The summed E-state index contributed by atoms with van der Waals surface area (Å²) >= 11 is 0. The summed E-state index contributed by atoms with van der Waals surface area (Å²) in [6.45, 7) is 2.43. The number of nitro groups is 1. The van der Waals surface area contributed by atoms with Crippen LogP contribution in [0.2, 0.25) is 0 Å². The first-order valence-electron chi connectivity index (χ1n) is 10.4. The van der Waals surface area contributed by atoms with E-state index < -0.39 is 11.0 Å². The predicted octanol–water partition coefficient (Wildman–Crippen LogP) is 3.01. The fraction of sp³-hybridized carbons (Fsp3) is 0.261. The molecule has 1 aliphatic heterocycles. The van der Waals surface area contributed by atoms with Crippen molar-refractivity contribution in [2.45, 2.75) is 32.4 Å². The highest BCUT2D eigenvalue weighted by atomic mass is 16.6. The second-order valence-corrected chi connectivity index (χ2v) is 7.75. The molecule has 3 aromatic rings. The summed E-state index contributed by atoms with van der Waals surface area (Å²) in [6, 6.07) is 13.3. The summed E-state index contributed by atoms with van der Waals surface area (Å²) in [6.07, 6.45) is 4.88. The van der Waals surface area contributed by atoms with E-state index in [9.17, 15) is 19.7 Å². The highest BCUT2D eigenvalue weighted by Gasteiger charge is 2.34. The lowest BCUT2D eigenvalue weighted by Crippen LogP contribution is -2.45.